The molecule has 0 radical (unpaired) electrons. The van der Waals surface area contributed by atoms with Crippen molar-refractivity contribution in [1.82, 2.24) is 10.3 Å². The van der Waals surface area contributed by atoms with Crippen LogP contribution in [0.2, 0.25) is 0 Å². The van der Waals surface area contributed by atoms with E-state index < -0.39 is 11.3 Å². The summed E-state index contributed by atoms with van der Waals surface area (Å²) < 4.78 is 5.32. The van der Waals surface area contributed by atoms with Gasteiger partial charge in [0.05, 0.1) is 0 Å². The molecule has 1 aliphatic rings. The van der Waals surface area contributed by atoms with Gasteiger partial charge in [-0.25, -0.2) is 9.80 Å². The number of ether oxygens (including phenoxy) is 1. The third kappa shape index (κ3) is 4.12. The molecule has 7 nitrogen and oxygen atoms in total. The first-order valence-corrected chi connectivity index (χ1v) is 9.38. The Morgan fingerprint density at radius 3 is 2.46 bits per heavy atom. The second-order valence-corrected chi connectivity index (χ2v) is 7.37. The fraction of sp³-hybridized carbons (Fsp3) is 0.176. The van der Waals surface area contributed by atoms with Crippen LogP contribution in [0.5, 0.6) is 5.75 Å². The van der Waals surface area contributed by atoms with E-state index in [-0.39, 0.29) is 11.8 Å². The number of thiophene rings is 1. The smallest absolute Gasteiger partial charge is 0.353 e. The van der Waals surface area contributed by atoms with Gasteiger partial charge >= 0.3 is 5.97 Å². The van der Waals surface area contributed by atoms with Crippen molar-refractivity contribution < 1.29 is 19.1 Å². The third-order valence-electron chi connectivity index (χ3n) is 3.35. The molecule has 9 heteroatoms. The highest BCUT2D eigenvalue weighted by Crippen LogP contribution is 2.39. The second-order valence-electron chi connectivity index (χ2n) is 5.36. The Bertz CT molecular complexity index is 863. The molecule has 2 amide bonds. The van der Waals surface area contributed by atoms with E-state index in [0.29, 0.717) is 15.8 Å². The predicted octanol–water partition coefficient (Wildman–Crippen LogP) is 2.97. The van der Waals surface area contributed by atoms with E-state index in [9.17, 15) is 14.4 Å². The normalized spacial score (nSPS) is 16.2. The Morgan fingerprint density at radius 1 is 1.15 bits per heavy atom. The van der Waals surface area contributed by atoms with Gasteiger partial charge in [0, 0.05) is 13.8 Å². The molecule has 1 aliphatic heterocycles. The molecule has 2 heterocycles. The van der Waals surface area contributed by atoms with Crippen molar-refractivity contribution >= 4 is 46.0 Å². The number of benzene rings is 1. The van der Waals surface area contributed by atoms with Crippen LogP contribution < -0.4 is 10.1 Å². The maximum absolute atomic E-state index is 12.0. The predicted molar refractivity (Wildman–Crippen MR) is 99.8 cm³/mol. The molecule has 0 spiro atoms. The number of amides is 2. The van der Waals surface area contributed by atoms with Crippen LogP contribution in [0.15, 0.2) is 46.9 Å². The summed E-state index contributed by atoms with van der Waals surface area (Å²) in [7, 11) is 0. The minimum atomic E-state index is -0.412. The zero-order valence-corrected chi connectivity index (χ0v) is 15.6. The Balaban J connectivity index is 1.72. The number of nitrogens with zero attached hydrogens (tertiary/aromatic N) is 2. The average molecular weight is 389 g/mol. The van der Waals surface area contributed by atoms with Crippen LogP contribution in [0.25, 0.3) is 0 Å². The van der Waals surface area contributed by atoms with E-state index in [2.05, 4.69) is 10.4 Å². The quantitative estimate of drug-likeness (QED) is 0.644. The first-order chi connectivity index (χ1) is 12.4. The molecular weight excluding hydrogens is 374 g/mol. The molecule has 0 bridgehead atoms. The first-order valence-electron chi connectivity index (χ1n) is 7.62. The van der Waals surface area contributed by atoms with Gasteiger partial charge in [-0.2, -0.15) is 0 Å². The van der Waals surface area contributed by atoms with Gasteiger partial charge in [-0.3, -0.25) is 9.59 Å². The number of hydrogen-bond acceptors (Lipinski definition) is 7. The number of hydrazone groups is 1. The summed E-state index contributed by atoms with van der Waals surface area (Å²) in [6, 6.07) is 10.3. The molecule has 1 aromatic heterocycles. The largest absolute Gasteiger partial charge is 0.422 e. The summed E-state index contributed by atoms with van der Waals surface area (Å²) in [6.45, 7) is 2.79. The molecule has 3 rings (SSSR count). The van der Waals surface area contributed by atoms with Crippen molar-refractivity contribution in [2.45, 2.75) is 19.2 Å². The minimum Gasteiger partial charge on any atom is -0.422 e. The Kier molecular flexibility index (Phi) is 5.38. The van der Waals surface area contributed by atoms with Crippen molar-refractivity contribution in [2.24, 2.45) is 5.10 Å². The Hall–Kier alpha value is -2.65. The lowest BCUT2D eigenvalue weighted by Gasteiger charge is -2.19. The molecular formula is C17H15N3O4S2. The number of amidine groups is 1. The monoisotopic (exact) mass is 389 g/mol. The summed E-state index contributed by atoms with van der Waals surface area (Å²) in [5.74, 6) is -0.496. The molecule has 0 saturated heterocycles. The van der Waals surface area contributed by atoms with E-state index >= 15 is 0 Å². The lowest BCUT2D eigenvalue weighted by Crippen LogP contribution is -2.25. The van der Waals surface area contributed by atoms with Gasteiger partial charge in [-0.1, -0.05) is 30.0 Å². The summed E-state index contributed by atoms with van der Waals surface area (Å²) in [5.41, 5.74) is 0.797. The number of nitrogens with one attached hydrogen (secondary N) is 1. The van der Waals surface area contributed by atoms with Gasteiger partial charge < -0.3 is 10.1 Å². The standard InChI is InChI=1S/C17H15N3O4S2/c1-10(21)18-17-19-20(11(2)22)15(26-17)12-5-7-13(8-6-12)24-16(23)14-4-3-9-25-14/h3-9,15H,1-2H3,(H,18,19,21)/t15-/m1/s1. The highest BCUT2D eigenvalue weighted by molar-refractivity contribution is 8.14. The fourth-order valence-electron chi connectivity index (χ4n) is 2.23. The number of rotatable bonds is 3. The van der Waals surface area contributed by atoms with Crippen molar-refractivity contribution in [3.05, 3.63) is 52.2 Å². The third-order valence-corrected chi connectivity index (χ3v) is 5.30. The van der Waals surface area contributed by atoms with E-state index in [1.165, 1.54) is 42.0 Å². The van der Waals surface area contributed by atoms with Crippen LogP contribution in [0.4, 0.5) is 0 Å². The van der Waals surface area contributed by atoms with Crippen molar-refractivity contribution in [2.75, 3.05) is 0 Å². The molecule has 134 valence electrons. The van der Waals surface area contributed by atoms with E-state index in [0.717, 1.165) is 5.56 Å². The number of hydrogen-bond donors (Lipinski definition) is 1. The fourth-order valence-corrected chi connectivity index (χ4v) is 3.97. The van der Waals surface area contributed by atoms with Crippen LogP contribution in [-0.2, 0) is 9.59 Å². The van der Waals surface area contributed by atoms with Crippen molar-refractivity contribution in [1.29, 1.82) is 0 Å². The zero-order chi connectivity index (χ0) is 18.7. The average Bonchev–Trinajstić information content (AvgIpc) is 3.24. The lowest BCUT2D eigenvalue weighted by molar-refractivity contribution is -0.129. The first kappa shape index (κ1) is 18.2. The summed E-state index contributed by atoms with van der Waals surface area (Å²) in [5, 5.41) is 9.82. The maximum atomic E-state index is 12.0. The molecule has 1 atom stereocenters. The Morgan fingerprint density at radius 2 is 1.88 bits per heavy atom. The van der Waals surface area contributed by atoms with Gasteiger partial charge in [-0.05, 0) is 29.1 Å². The van der Waals surface area contributed by atoms with E-state index in [1.54, 1.807) is 41.8 Å². The zero-order valence-electron chi connectivity index (χ0n) is 14.0. The molecule has 0 fully saturated rings. The molecule has 0 aliphatic carbocycles. The highest BCUT2D eigenvalue weighted by atomic mass is 32.2. The minimum absolute atomic E-state index is 0.240. The van der Waals surface area contributed by atoms with E-state index in [1.807, 2.05) is 0 Å². The molecule has 1 aromatic carbocycles. The van der Waals surface area contributed by atoms with Gasteiger partial charge in [0.1, 0.15) is 16.0 Å². The highest BCUT2D eigenvalue weighted by Gasteiger charge is 2.32. The van der Waals surface area contributed by atoms with Crippen LogP contribution in [0, 0.1) is 0 Å². The summed E-state index contributed by atoms with van der Waals surface area (Å²) >= 11 is 2.57. The number of esters is 1. The SMILES string of the molecule is CC(=O)NC1=NN(C(C)=O)[C@@H](c2ccc(OC(=O)c3cccs3)cc2)S1. The van der Waals surface area contributed by atoms with Gasteiger partial charge in [0.25, 0.3) is 0 Å². The van der Waals surface area contributed by atoms with Gasteiger partial charge in [0.15, 0.2) is 5.17 Å². The summed E-state index contributed by atoms with van der Waals surface area (Å²) in [4.78, 5) is 35.5. The second kappa shape index (κ2) is 7.71. The van der Waals surface area contributed by atoms with Crippen molar-refractivity contribution in [3.8, 4) is 5.75 Å². The topological polar surface area (TPSA) is 88.1 Å². The van der Waals surface area contributed by atoms with Crippen LogP contribution in [0.1, 0.15) is 34.5 Å². The number of carbonyl (C=O) groups is 3. The molecule has 0 saturated carbocycles. The van der Waals surface area contributed by atoms with Crippen LogP contribution in [0.3, 0.4) is 0 Å². The molecule has 1 N–H and O–H groups in total. The number of carbonyl (C=O) groups excluding carboxylic acids is 3. The molecule has 26 heavy (non-hydrogen) atoms. The number of thioether (sulfide) groups is 1. The summed E-state index contributed by atoms with van der Waals surface area (Å²) in [6.07, 6.45) is 0. The maximum Gasteiger partial charge on any atom is 0.353 e. The molecule has 0 unspecified atom stereocenters. The Labute approximate surface area is 158 Å². The lowest BCUT2D eigenvalue weighted by atomic mass is 10.2. The van der Waals surface area contributed by atoms with Gasteiger partial charge in [0.2, 0.25) is 11.8 Å². The van der Waals surface area contributed by atoms with Gasteiger partial charge in [-0.15, -0.1) is 16.4 Å². The van der Waals surface area contributed by atoms with Crippen LogP contribution >= 0.6 is 23.1 Å². The van der Waals surface area contributed by atoms with Crippen molar-refractivity contribution in [3.63, 3.8) is 0 Å². The van der Waals surface area contributed by atoms with E-state index in [4.69, 9.17) is 4.74 Å². The van der Waals surface area contributed by atoms with Crippen LogP contribution in [-0.4, -0.2) is 28.0 Å². The molecule has 2 aromatic rings.